The van der Waals surface area contributed by atoms with E-state index in [9.17, 15) is 4.79 Å². The van der Waals surface area contributed by atoms with Gasteiger partial charge >= 0.3 is 0 Å². The minimum absolute atomic E-state index is 0.0119. The summed E-state index contributed by atoms with van der Waals surface area (Å²) in [6.45, 7) is 9.19. The van der Waals surface area contributed by atoms with Crippen LogP contribution in [0.3, 0.4) is 0 Å². The van der Waals surface area contributed by atoms with Crippen molar-refractivity contribution in [2.75, 3.05) is 31.6 Å². The molecule has 0 aliphatic heterocycles. The van der Waals surface area contributed by atoms with E-state index in [2.05, 4.69) is 34.6 Å². The molecule has 0 atom stereocenters. The molecule has 0 unspecified atom stereocenters. The summed E-state index contributed by atoms with van der Waals surface area (Å²) in [5, 5.41) is 14.7. The molecule has 8 nitrogen and oxygen atoms in total. The molecular weight excluding hydrogens is 420 g/mol. The Morgan fingerprint density at radius 1 is 1.33 bits per heavy atom. The van der Waals surface area contributed by atoms with Crippen LogP contribution >= 0.6 is 23.1 Å². The third kappa shape index (κ3) is 6.41. The summed E-state index contributed by atoms with van der Waals surface area (Å²) in [4.78, 5) is 22.6. The molecule has 3 rings (SSSR count). The van der Waals surface area contributed by atoms with Crippen LogP contribution in [0.5, 0.6) is 0 Å². The van der Waals surface area contributed by atoms with Gasteiger partial charge in [0, 0.05) is 29.8 Å². The van der Waals surface area contributed by atoms with Gasteiger partial charge in [0.05, 0.1) is 31.2 Å². The Labute approximate surface area is 184 Å². The van der Waals surface area contributed by atoms with Crippen LogP contribution in [0.1, 0.15) is 25.6 Å². The van der Waals surface area contributed by atoms with E-state index < -0.39 is 0 Å². The minimum Gasteiger partial charge on any atom is -0.380 e. The highest BCUT2D eigenvalue weighted by Crippen LogP contribution is 2.26. The van der Waals surface area contributed by atoms with Crippen molar-refractivity contribution >= 4 is 45.9 Å². The van der Waals surface area contributed by atoms with Gasteiger partial charge in [0.2, 0.25) is 5.91 Å². The average Bonchev–Trinajstić information content (AvgIpc) is 3.35. The van der Waals surface area contributed by atoms with Gasteiger partial charge in [-0.15, -0.1) is 11.3 Å². The average molecular weight is 449 g/mol. The second kappa shape index (κ2) is 11.3. The third-order valence-electron chi connectivity index (χ3n) is 4.12. The van der Waals surface area contributed by atoms with Gasteiger partial charge in [-0.25, -0.2) is 14.6 Å². The van der Waals surface area contributed by atoms with Crippen molar-refractivity contribution in [3.63, 3.8) is 0 Å². The number of carbonyl (C=O) groups excluding carboxylic acids is 1. The quantitative estimate of drug-likeness (QED) is 0.250. The summed E-state index contributed by atoms with van der Waals surface area (Å²) in [6, 6.07) is 3.92. The first kappa shape index (κ1) is 22.5. The Morgan fingerprint density at radius 3 is 2.93 bits per heavy atom. The lowest BCUT2D eigenvalue weighted by Crippen LogP contribution is -2.28. The summed E-state index contributed by atoms with van der Waals surface area (Å²) >= 11 is 3.20. The van der Waals surface area contributed by atoms with Crippen LogP contribution in [0.25, 0.3) is 11.0 Å². The largest absolute Gasteiger partial charge is 0.380 e. The maximum absolute atomic E-state index is 12.1. The van der Waals surface area contributed by atoms with Gasteiger partial charge in [0.25, 0.3) is 0 Å². The van der Waals surface area contributed by atoms with Crippen LogP contribution in [0.15, 0.2) is 28.9 Å². The summed E-state index contributed by atoms with van der Waals surface area (Å²) in [7, 11) is 0. The molecule has 3 heterocycles. The lowest BCUT2D eigenvalue weighted by Gasteiger charge is -2.11. The number of rotatable bonds is 12. The zero-order valence-corrected chi connectivity index (χ0v) is 19.2. The first-order valence-electron chi connectivity index (χ1n) is 10.1. The van der Waals surface area contributed by atoms with E-state index in [-0.39, 0.29) is 5.91 Å². The van der Waals surface area contributed by atoms with Crippen LogP contribution < -0.4 is 10.6 Å². The predicted octanol–water partition coefficient (Wildman–Crippen LogP) is 3.20. The highest BCUT2D eigenvalue weighted by molar-refractivity contribution is 7.99. The highest BCUT2D eigenvalue weighted by atomic mass is 32.2. The second-order valence-electron chi connectivity index (χ2n) is 6.86. The first-order valence-corrected chi connectivity index (χ1v) is 11.8. The molecule has 30 heavy (non-hydrogen) atoms. The van der Waals surface area contributed by atoms with Gasteiger partial charge in [0.1, 0.15) is 5.82 Å². The van der Waals surface area contributed by atoms with E-state index in [0.717, 1.165) is 21.7 Å². The third-order valence-corrected chi connectivity index (χ3v) is 5.86. The number of anilines is 1. The van der Waals surface area contributed by atoms with Crippen molar-refractivity contribution in [3.8, 4) is 0 Å². The number of fused-ring (bicyclic) bond motifs is 1. The van der Waals surface area contributed by atoms with Crippen molar-refractivity contribution in [2.45, 2.75) is 44.1 Å². The zero-order chi connectivity index (χ0) is 21.3. The van der Waals surface area contributed by atoms with E-state index in [1.54, 1.807) is 29.3 Å². The van der Waals surface area contributed by atoms with Gasteiger partial charge in [-0.1, -0.05) is 31.7 Å². The number of hydrogen-bond donors (Lipinski definition) is 2. The van der Waals surface area contributed by atoms with Crippen LogP contribution in [-0.2, 0) is 22.5 Å². The smallest absolute Gasteiger partial charge is 0.225 e. The highest BCUT2D eigenvalue weighted by Gasteiger charge is 2.14. The summed E-state index contributed by atoms with van der Waals surface area (Å²) in [5.74, 6) is 0.772. The molecule has 162 valence electrons. The molecule has 1 amide bonds. The first-order chi connectivity index (χ1) is 14.6. The lowest BCUT2D eigenvalue weighted by atomic mass is 10.3. The van der Waals surface area contributed by atoms with Gasteiger partial charge in [0.15, 0.2) is 10.8 Å². The molecule has 3 aromatic rings. The molecule has 0 aliphatic carbocycles. The van der Waals surface area contributed by atoms with Gasteiger partial charge in [-0.3, -0.25) is 4.79 Å². The summed E-state index contributed by atoms with van der Waals surface area (Å²) in [5.41, 5.74) is 0.763. The second-order valence-corrected chi connectivity index (χ2v) is 9.43. The van der Waals surface area contributed by atoms with Crippen LogP contribution in [0.2, 0.25) is 0 Å². The van der Waals surface area contributed by atoms with Crippen LogP contribution in [-0.4, -0.2) is 57.2 Å². The van der Waals surface area contributed by atoms with Gasteiger partial charge in [-0.2, -0.15) is 5.10 Å². The molecule has 0 aromatic carbocycles. The van der Waals surface area contributed by atoms with Crippen molar-refractivity contribution in [1.29, 1.82) is 0 Å². The molecule has 0 fully saturated rings. The molecule has 0 radical (unpaired) electrons. The van der Waals surface area contributed by atoms with E-state index in [4.69, 9.17) is 9.72 Å². The van der Waals surface area contributed by atoms with Gasteiger partial charge < -0.3 is 15.4 Å². The monoisotopic (exact) mass is 448 g/mol. The van der Waals surface area contributed by atoms with Crippen molar-refractivity contribution in [2.24, 2.45) is 0 Å². The molecule has 0 saturated heterocycles. The standard InChI is InChI=1S/C20H28N6O2S2/c1-4-28-10-8-22-18-16-13-23-26(19(16)25-20(24-18)30-14(2)3)9-7-21-17(27)12-15-6-5-11-29-15/h5-6,11,13-14H,4,7-10,12H2,1-3H3,(H,21,27)(H,22,24,25). The zero-order valence-electron chi connectivity index (χ0n) is 17.6. The lowest BCUT2D eigenvalue weighted by molar-refractivity contribution is -0.120. The number of hydrogen-bond acceptors (Lipinski definition) is 8. The Hall–Kier alpha value is -2.17. The normalized spacial score (nSPS) is 11.3. The molecule has 2 N–H and O–H groups in total. The van der Waals surface area contributed by atoms with Crippen molar-refractivity contribution < 1.29 is 9.53 Å². The van der Waals surface area contributed by atoms with Crippen molar-refractivity contribution in [3.05, 3.63) is 28.6 Å². The number of amides is 1. The summed E-state index contributed by atoms with van der Waals surface area (Å²) < 4.78 is 7.23. The van der Waals surface area contributed by atoms with Crippen molar-refractivity contribution in [1.82, 2.24) is 25.1 Å². The van der Waals surface area contributed by atoms with Crippen LogP contribution in [0.4, 0.5) is 5.82 Å². The molecule has 0 bridgehead atoms. The number of aromatic nitrogens is 4. The number of nitrogens with one attached hydrogen (secondary N) is 2. The van der Waals surface area contributed by atoms with Gasteiger partial charge in [-0.05, 0) is 18.4 Å². The Kier molecular flexibility index (Phi) is 8.47. The van der Waals surface area contributed by atoms with E-state index in [1.807, 2.05) is 29.1 Å². The Morgan fingerprint density at radius 2 is 2.20 bits per heavy atom. The number of ether oxygens (including phenoxy) is 1. The molecule has 3 aromatic heterocycles. The van der Waals surface area contributed by atoms with E-state index in [1.165, 1.54) is 0 Å². The van der Waals surface area contributed by atoms with Crippen LogP contribution in [0, 0.1) is 0 Å². The maximum Gasteiger partial charge on any atom is 0.225 e. The molecule has 10 heteroatoms. The number of carbonyl (C=O) groups is 1. The topological polar surface area (TPSA) is 94.0 Å². The molecule has 0 spiro atoms. The molecule has 0 saturated carbocycles. The Bertz CT molecular complexity index is 942. The maximum atomic E-state index is 12.1. The van der Waals surface area contributed by atoms with E-state index in [0.29, 0.717) is 49.7 Å². The number of thiophene rings is 1. The molecular formula is C20H28N6O2S2. The fraction of sp³-hybridized carbons (Fsp3) is 0.500. The Balaban J connectivity index is 1.68. The number of thioether (sulfide) groups is 1. The minimum atomic E-state index is 0.0119. The predicted molar refractivity (Wildman–Crippen MR) is 122 cm³/mol. The number of nitrogens with zero attached hydrogens (tertiary/aromatic N) is 4. The van der Waals surface area contributed by atoms with E-state index >= 15 is 0 Å². The summed E-state index contributed by atoms with van der Waals surface area (Å²) in [6.07, 6.45) is 2.18. The fourth-order valence-electron chi connectivity index (χ4n) is 2.82. The molecule has 0 aliphatic rings. The SMILES string of the molecule is CCOCCNc1nc(SC(C)C)nc2c1cnn2CCNC(=O)Cc1cccs1. The fourth-order valence-corrected chi connectivity index (χ4v) is 4.23.